The van der Waals surface area contributed by atoms with E-state index in [9.17, 15) is 9.90 Å². The van der Waals surface area contributed by atoms with Gasteiger partial charge in [-0.05, 0) is 44.2 Å². The number of phenols is 1. The molecule has 1 N–H and O–H groups in total. The second-order valence-corrected chi connectivity index (χ2v) is 5.26. The lowest BCUT2D eigenvalue weighted by Gasteiger charge is -2.20. The van der Waals surface area contributed by atoms with E-state index in [-0.39, 0.29) is 17.7 Å². The van der Waals surface area contributed by atoms with Crippen molar-refractivity contribution < 1.29 is 9.90 Å². The normalized spacial score (nSPS) is 15.9. The van der Waals surface area contributed by atoms with Crippen LogP contribution in [0.4, 0.5) is 11.4 Å². The number of para-hydroxylation sites is 1. The molecule has 1 aliphatic heterocycles. The highest BCUT2D eigenvalue weighted by Gasteiger charge is 2.35. The van der Waals surface area contributed by atoms with Crippen LogP contribution in [0.5, 0.6) is 5.75 Å². The SMILES string of the molecule is CC(C)N1C(=O)C(=Nc2ccc(O)cc2)c2ccccc21. The first kappa shape index (κ1) is 13.4. The first-order valence-corrected chi connectivity index (χ1v) is 6.88. The summed E-state index contributed by atoms with van der Waals surface area (Å²) in [5, 5.41) is 9.32. The number of hydrogen-bond donors (Lipinski definition) is 1. The number of rotatable bonds is 2. The highest BCUT2D eigenvalue weighted by atomic mass is 16.3. The monoisotopic (exact) mass is 280 g/mol. The molecule has 1 aliphatic rings. The summed E-state index contributed by atoms with van der Waals surface area (Å²) >= 11 is 0. The molecule has 2 aromatic rings. The number of phenolic OH excluding ortho intramolecular Hbond substituents is 1. The van der Waals surface area contributed by atoms with Gasteiger partial charge < -0.3 is 10.0 Å². The molecule has 21 heavy (non-hydrogen) atoms. The molecule has 0 aromatic heterocycles. The van der Waals surface area contributed by atoms with E-state index in [2.05, 4.69) is 4.99 Å². The molecule has 4 heteroatoms. The van der Waals surface area contributed by atoms with E-state index in [1.165, 1.54) is 0 Å². The molecule has 0 unspecified atom stereocenters. The van der Waals surface area contributed by atoms with Crippen molar-refractivity contribution in [2.24, 2.45) is 4.99 Å². The van der Waals surface area contributed by atoms with E-state index in [1.54, 1.807) is 29.2 Å². The molecule has 0 spiro atoms. The number of anilines is 1. The molecule has 0 bridgehead atoms. The molecule has 0 radical (unpaired) electrons. The van der Waals surface area contributed by atoms with E-state index in [0.717, 1.165) is 11.3 Å². The maximum absolute atomic E-state index is 12.6. The van der Waals surface area contributed by atoms with Crippen molar-refractivity contribution in [1.29, 1.82) is 0 Å². The Morgan fingerprint density at radius 2 is 1.71 bits per heavy atom. The van der Waals surface area contributed by atoms with Gasteiger partial charge in [0.25, 0.3) is 5.91 Å². The van der Waals surface area contributed by atoms with Crippen LogP contribution in [-0.4, -0.2) is 22.8 Å². The molecular weight excluding hydrogens is 264 g/mol. The lowest BCUT2D eigenvalue weighted by atomic mass is 10.1. The van der Waals surface area contributed by atoms with Gasteiger partial charge in [-0.25, -0.2) is 4.99 Å². The molecule has 0 saturated carbocycles. The fraction of sp³-hybridized carbons (Fsp3) is 0.176. The summed E-state index contributed by atoms with van der Waals surface area (Å²) in [7, 11) is 0. The van der Waals surface area contributed by atoms with Crippen LogP contribution in [0.25, 0.3) is 0 Å². The zero-order valence-corrected chi connectivity index (χ0v) is 11.9. The summed E-state index contributed by atoms with van der Waals surface area (Å²) in [5.41, 5.74) is 2.85. The maximum atomic E-state index is 12.6. The zero-order chi connectivity index (χ0) is 15.0. The Labute approximate surface area is 123 Å². The number of benzene rings is 2. The summed E-state index contributed by atoms with van der Waals surface area (Å²) in [6.45, 7) is 3.97. The summed E-state index contributed by atoms with van der Waals surface area (Å²) in [5.74, 6) is 0.0974. The fourth-order valence-electron chi connectivity index (χ4n) is 2.50. The molecule has 0 fully saturated rings. The maximum Gasteiger partial charge on any atom is 0.277 e. The van der Waals surface area contributed by atoms with Gasteiger partial charge in [0.2, 0.25) is 0 Å². The van der Waals surface area contributed by atoms with E-state index >= 15 is 0 Å². The number of carbonyl (C=O) groups excluding carboxylic acids is 1. The van der Waals surface area contributed by atoms with Crippen molar-refractivity contribution in [2.75, 3.05) is 4.90 Å². The first-order valence-electron chi connectivity index (χ1n) is 6.88. The minimum Gasteiger partial charge on any atom is -0.508 e. The van der Waals surface area contributed by atoms with Crippen molar-refractivity contribution >= 4 is 23.0 Å². The smallest absolute Gasteiger partial charge is 0.277 e. The average molecular weight is 280 g/mol. The average Bonchev–Trinajstić information content (AvgIpc) is 2.74. The Kier molecular flexibility index (Phi) is 3.22. The molecule has 4 nitrogen and oxygen atoms in total. The second kappa shape index (κ2) is 5.05. The van der Waals surface area contributed by atoms with Gasteiger partial charge in [-0.15, -0.1) is 0 Å². The van der Waals surface area contributed by atoms with Gasteiger partial charge in [0.1, 0.15) is 11.5 Å². The topological polar surface area (TPSA) is 52.9 Å². The number of amides is 1. The van der Waals surface area contributed by atoms with E-state index in [1.807, 2.05) is 38.1 Å². The lowest BCUT2D eigenvalue weighted by molar-refractivity contribution is -0.112. The van der Waals surface area contributed by atoms with Crippen LogP contribution in [0.15, 0.2) is 53.5 Å². The Morgan fingerprint density at radius 1 is 1.05 bits per heavy atom. The van der Waals surface area contributed by atoms with Gasteiger partial charge in [0.05, 0.1) is 11.4 Å². The third-order valence-electron chi connectivity index (χ3n) is 3.45. The first-order chi connectivity index (χ1) is 10.1. The molecule has 0 atom stereocenters. The van der Waals surface area contributed by atoms with Crippen LogP contribution >= 0.6 is 0 Å². The highest BCUT2D eigenvalue weighted by molar-refractivity contribution is 6.54. The zero-order valence-electron chi connectivity index (χ0n) is 11.9. The minimum atomic E-state index is -0.0840. The van der Waals surface area contributed by atoms with Gasteiger partial charge in [0, 0.05) is 11.6 Å². The molecule has 2 aromatic carbocycles. The lowest BCUT2D eigenvalue weighted by Crippen LogP contribution is -2.35. The van der Waals surface area contributed by atoms with Crippen molar-refractivity contribution in [3.63, 3.8) is 0 Å². The van der Waals surface area contributed by atoms with Crippen LogP contribution in [0.2, 0.25) is 0 Å². The van der Waals surface area contributed by atoms with Crippen LogP contribution in [0, 0.1) is 0 Å². The fourth-order valence-corrected chi connectivity index (χ4v) is 2.50. The summed E-state index contributed by atoms with van der Waals surface area (Å²) in [4.78, 5) is 18.8. The highest BCUT2D eigenvalue weighted by Crippen LogP contribution is 2.32. The van der Waals surface area contributed by atoms with Crippen molar-refractivity contribution in [1.82, 2.24) is 0 Å². The van der Waals surface area contributed by atoms with Gasteiger partial charge >= 0.3 is 0 Å². The molecule has 0 saturated heterocycles. The molecule has 1 amide bonds. The summed E-state index contributed by atoms with van der Waals surface area (Å²) < 4.78 is 0. The van der Waals surface area contributed by atoms with Crippen LogP contribution in [0.1, 0.15) is 19.4 Å². The van der Waals surface area contributed by atoms with E-state index in [0.29, 0.717) is 11.4 Å². The standard InChI is InChI=1S/C17H16N2O2/c1-11(2)19-15-6-4-3-5-14(15)16(17(19)21)18-12-7-9-13(20)10-8-12/h3-11,20H,1-2H3. The minimum absolute atomic E-state index is 0.0752. The number of nitrogens with zero attached hydrogens (tertiary/aromatic N) is 2. The Hall–Kier alpha value is -2.62. The van der Waals surface area contributed by atoms with E-state index < -0.39 is 0 Å². The number of fused-ring (bicyclic) bond motifs is 1. The van der Waals surface area contributed by atoms with Crippen LogP contribution in [-0.2, 0) is 4.79 Å². The molecule has 106 valence electrons. The Bertz CT molecular complexity index is 718. The predicted molar refractivity (Wildman–Crippen MR) is 83.4 cm³/mol. The van der Waals surface area contributed by atoms with Crippen molar-refractivity contribution in [3.05, 3.63) is 54.1 Å². The van der Waals surface area contributed by atoms with Crippen molar-refractivity contribution in [2.45, 2.75) is 19.9 Å². The molecular formula is C17H16N2O2. The summed E-state index contributed by atoms with van der Waals surface area (Å²) in [6, 6.07) is 14.3. The number of carbonyl (C=O) groups is 1. The largest absolute Gasteiger partial charge is 0.508 e. The van der Waals surface area contributed by atoms with Crippen LogP contribution in [0.3, 0.4) is 0 Å². The Balaban J connectivity index is 2.11. The quantitative estimate of drug-likeness (QED) is 0.918. The summed E-state index contributed by atoms with van der Waals surface area (Å²) in [6.07, 6.45) is 0. The van der Waals surface area contributed by atoms with Gasteiger partial charge in [0.15, 0.2) is 0 Å². The second-order valence-electron chi connectivity index (χ2n) is 5.26. The van der Waals surface area contributed by atoms with Crippen molar-refractivity contribution in [3.8, 4) is 5.75 Å². The third-order valence-corrected chi connectivity index (χ3v) is 3.45. The predicted octanol–water partition coefficient (Wildman–Crippen LogP) is 3.27. The van der Waals surface area contributed by atoms with Gasteiger partial charge in [-0.1, -0.05) is 18.2 Å². The number of aromatic hydroxyl groups is 1. The van der Waals surface area contributed by atoms with Gasteiger partial charge in [-0.2, -0.15) is 0 Å². The van der Waals surface area contributed by atoms with E-state index in [4.69, 9.17) is 0 Å². The molecule has 1 heterocycles. The third kappa shape index (κ3) is 2.29. The Morgan fingerprint density at radius 3 is 2.38 bits per heavy atom. The number of aliphatic imine (C=N–C) groups is 1. The van der Waals surface area contributed by atoms with Crippen LogP contribution < -0.4 is 4.90 Å². The molecule has 0 aliphatic carbocycles. The molecule has 3 rings (SSSR count). The van der Waals surface area contributed by atoms with Gasteiger partial charge in [-0.3, -0.25) is 4.79 Å². The number of hydrogen-bond acceptors (Lipinski definition) is 3.